The molecule has 0 bridgehead atoms. The second-order valence-electron chi connectivity index (χ2n) is 6.04. The molecule has 1 saturated heterocycles. The Labute approximate surface area is 143 Å². The van der Waals surface area contributed by atoms with Crippen LogP contribution in [-0.2, 0) is 10.0 Å². The maximum atomic E-state index is 12.8. The minimum absolute atomic E-state index is 0. The van der Waals surface area contributed by atoms with Gasteiger partial charge in [0.2, 0.25) is 10.0 Å². The molecule has 2 N–H and O–H groups in total. The molecular formula is C16H22ClN3O2S. The van der Waals surface area contributed by atoms with Crippen molar-refractivity contribution in [3.05, 3.63) is 36.0 Å². The van der Waals surface area contributed by atoms with Crippen molar-refractivity contribution in [1.82, 2.24) is 15.0 Å². The van der Waals surface area contributed by atoms with Gasteiger partial charge in [-0.3, -0.25) is 4.98 Å². The molecule has 126 valence electrons. The molecule has 7 heteroatoms. The average Bonchev–Trinajstić information content (AvgIpc) is 2.48. The van der Waals surface area contributed by atoms with Gasteiger partial charge in [0.05, 0.1) is 5.52 Å². The summed E-state index contributed by atoms with van der Waals surface area (Å²) >= 11 is 0. The van der Waals surface area contributed by atoms with Gasteiger partial charge in [-0.2, -0.15) is 0 Å². The molecule has 23 heavy (non-hydrogen) atoms. The van der Waals surface area contributed by atoms with Crippen LogP contribution in [0.3, 0.4) is 0 Å². The van der Waals surface area contributed by atoms with Gasteiger partial charge in [0, 0.05) is 24.2 Å². The number of nitrogens with zero attached hydrogens (tertiary/aromatic N) is 1. The number of benzene rings is 1. The molecule has 0 spiro atoms. The Kier molecular flexibility index (Phi) is 5.62. The zero-order valence-electron chi connectivity index (χ0n) is 13.2. The summed E-state index contributed by atoms with van der Waals surface area (Å²) in [6.07, 6.45) is 2.67. The summed E-state index contributed by atoms with van der Waals surface area (Å²) in [5.41, 5.74) is 1.54. The number of hydrogen-bond donors (Lipinski definition) is 2. The fourth-order valence-electron chi connectivity index (χ4n) is 2.87. The minimum Gasteiger partial charge on any atom is -0.315 e. The van der Waals surface area contributed by atoms with Crippen LogP contribution in [0.15, 0.2) is 35.4 Å². The van der Waals surface area contributed by atoms with Crippen LogP contribution >= 0.6 is 12.4 Å². The summed E-state index contributed by atoms with van der Waals surface area (Å²) < 4.78 is 28.4. The lowest BCUT2D eigenvalue weighted by Crippen LogP contribution is -2.50. The third kappa shape index (κ3) is 3.83. The first-order valence-corrected chi connectivity index (χ1v) is 9.04. The van der Waals surface area contributed by atoms with Gasteiger partial charge in [-0.25, -0.2) is 13.1 Å². The molecule has 0 saturated carbocycles. The number of fused-ring (bicyclic) bond motifs is 1. The first-order valence-electron chi connectivity index (χ1n) is 7.56. The fourth-order valence-corrected chi connectivity index (χ4v) is 4.39. The molecule has 1 aromatic carbocycles. The summed E-state index contributed by atoms with van der Waals surface area (Å²) in [4.78, 5) is 4.58. The molecule has 2 heterocycles. The van der Waals surface area contributed by atoms with E-state index in [1.165, 1.54) is 0 Å². The van der Waals surface area contributed by atoms with E-state index in [0.717, 1.165) is 23.9 Å². The normalized spacial score (nSPS) is 21.8. The Morgan fingerprint density at radius 1 is 1.35 bits per heavy atom. The van der Waals surface area contributed by atoms with Gasteiger partial charge < -0.3 is 5.32 Å². The van der Waals surface area contributed by atoms with E-state index in [9.17, 15) is 8.42 Å². The Bertz CT molecular complexity index is 795. The molecule has 2 unspecified atom stereocenters. The molecule has 5 nitrogen and oxygen atoms in total. The number of pyridine rings is 1. The topological polar surface area (TPSA) is 71.1 Å². The van der Waals surface area contributed by atoms with E-state index in [-0.39, 0.29) is 23.3 Å². The fraction of sp³-hybridized carbons (Fsp3) is 0.438. The van der Waals surface area contributed by atoms with Crippen molar-refractivity contribution in [2.75, 3.05) is 13.1 Å². The van der Waals surface area contributed by atoms with Gasteiger partial charge in [0.15, 0.2) is 0 Å². The molecule has 0 radical (unpaired) electrons. The third-order valence-corrected chi connectivity index (χ3v) is 5.76. The highest BCUT2D eigenvalue weighted by atomic mass is 35.5. The summed E-state index contributed by atoms with van der Waals surface area (Å²) in [7, 11) is -3.58. The zero-order valence-corrected chi connectivity index (χ0v) is 14.9. The summed E-state index contributed by atoms with van der Waals surface area (Å²) in [6.45, 7) is 5.63. The number of hydrogen-bond acceptors (Lipinski definition) is 4. The number of para-hydroxylation sites is 1. The zero-order chi connectivity index (χ0) is 15.7. The van der Waals surface area contributed by atoms with E-state index in [4.69, 9.17) is 0 Å². The van der Waals surface area contributed by atoms with Crippen molar-refractivity contribution in [1.29, 1.82) is 0 Å². The van der Waals surface area contributed by atoms with Crippen molar-refractivity contribution < 1.29 is 8.42 Å². The number of sulfonamides is 1. The lowest BCUT2D eigenvalue weighted by Gasteiger charge is -2.30. The molecule has 2 aromatic rings. The van der Waals surface area contributed by atoms with E-state index in [0.29, 0.717) is 18.0 Å². The van der Waals surface area contributed by atoms with E-state index >= 15 is 0 Å². The molecule has 1 aliphatic heterocycles. The van der Waals surface area contributed by atoms with Crippen LogP contribution < -0.4 is 10.0 Å². The number of piperidine rings is 1. The predicted molar refractivity (Wildman–Crippen MR) is 94.5 cm³/mol. The number of aryl methyl sites for hydroxylation is 1. The van der Waals surface area contributed by atoms with E-state index in [2.05, 4.69) is 21.9 Å². The van der Waals surface area contributed by atoms with Crippen LogP contribution in [0.2, 0.25) is 0 Å². The molecule has 3 rings (SSSR count). The molecule has 1 aromatic heterocycles. The van der Waals surface area contributed by atoms with Crippen molar-refractivity contribution in [2.45, 2.75) is 31.2 Å². The first-order chi connectivity index (χ1) is 10.5. The lowest BCUT2D eigenvalue weighted by atomic mass is 9.96. The van der Waals surface area contributed by atoms with Gasteiger partial charge in [0.25, 0.3) is 0 Å². The molecule has 0 aliphatic carbocycles. The second kappa shape index (κ2) is 7.13. The van der Waals surface area contributed by atoms with Crippen LogP contribution in [0.1, 0.15) is 18.9 Å². The van der Waals surface area contributed by atoms with E-state index in [1.54, 1.807) is 18.3 Å². The number of halogens is 1. The molecule has 2 atom stereocenters. The van der Waals surface area contributed by atoms with Gasteiger partial charge in [-0.1, -0.05) is 19.1 Å². The van der Waals surface area contributed by atoms with Crippen LogP contribution in [0, 0.1) is 12.8 Å². The van der Waals surface area contributed by atoms with Crippen molar-refractivity contribution in [3.63, 3.8) is 0 Å². The van der Waals surface area contributed by atoms with Gasteiger partial charge in [-0.15, -0.1) is 12.4 Å². The molecular weight excluding hydrogens is 334 g/mol. The highest BCUT2D eigenvalue weighted by molar-refractivity contribution is 7.89. The Morgan fingerprint density at radius 3 is 2.87 bits per heavy atom. The average molecular weight is 356 g/mol. The Balaban J connectivity index is 0.00000192. The molecule has 0 amide bonds. The van der Waals surface area contributed by atoms with Crippen LogP contribution in [0.5, 0.6) is 0 Å². The van der Waals surface area contributed by atoms with Crippen molar-refractivity contribution in [2.24, 2.45) is 5.92 Å². The van der Waals surface area contributed by atoms with E-state index in [1.807, 2.05) is 19.1 Å². The monoisotopic (exact) mass is 355 g/mol. The SMILES string of the molecule is Cc1cnc2c(S(=O)(=O)NC3CNCCC3C)cccc2c1.Cl. The second-order valence-corrected chi connectivity index (χ2v) is 7.72. The summed E-state index contributed by atoms with van der Waals surface area (Å²) in [6, 6.07) is 7.14. The standard InChI is InChI=1S/C16H21N3O2S.ClH/c1-11-8-13-4-3-5-15(16(13)18-9-11)22(20,21)19-14-10-17-7-6-12(14)2;/h3-5,8-9,12,14,17,19H,6-7,10H2,1-2H3;1H. The predicted octanol–water partition coefficient (Wildman–Crippen LogP) is 2.24. The maximum Gasteiger partial charge on any atom is 0.243 e. The van der Waals surface area contributed by atoms with Gasteiger partial charge >= 0.3 is 0 Å². The van der Waals surface area contributed by atoms with Crippen molar-refractivity contribution >= 4 is 33.3 Å². The number of nitrogens with one attached hydrogen (secondary N) is 2. The quantitative estimate of drug-likeness (QED) is 0.885. The van der Waals surface area contributed by atoms with Gasteiger partial charge in [-0.05, 0) is 43.5 Å². The lowest BCUT2D eigenvalue weighted by molar-refractivity contribution is 0.327. The minimum atomic E-state index is -3.58. The Morgan fingerprint density at radius 2 is 2.13 bits per heavy atom. The largest absolute Gasteiger partial charge is 0.315 e. The number of aromatic nitrogens is 1. The summed E-state index contributed by atoms with van der Waals surface area (Å²) in [5.74, 6) is 0.321. The smallest absolute Gasteiger partial charge is 0.243 e. The molecule has 1 fully saturated rings. The highest BCUT2D eigenvalue weighted by Gasteiger charge is 2.27. The summed E-state index contributed by atoms with van der Waals surface area (Å²) in [5, 5.41) is 4.09. The Hall–Kier alpha value is -1.21. The first kappa shape index (κ1) is 18.1. The van der Waals surface area contributed by atoms with E-state index < -0.39 is 10.0 Å². The van der Waals surface area contributed by atoms with Crippen molar-refractivity contribution in [3.8, 4) is 0 Å². The van der Waals surface area contributed by atoms with Crippen LogP contribution in [0.25, 0.3) is 10.9 Å². The maximum absolute atomic E-state index is 12.8. The number of rotatable bonds is 3. The molecule has 1 aliphatic rings. The van der Waals surface area contributed by atoms with Crippen LogP contribution in [0.4, 0.5) is 0 Å². The van der Waals surface area contributed by atoms with Gasteiger partial charge in [0.1, 0.15) is 4.90 Å². The highest BCUT2D eigenvalue weighted by Crippen LogP contribution is 2.23. The van der Waals surface area contributed by atoms with Crippen LogP contribution in [-0.4, -0.2) is 32.5 Å². The third-order valence-electron chi connectivity index (χ3n) is 4.23.